The molecule has 0 bridgehead atoms. The van der Waals surface area contributed by atoms with Crippen molar-refractivity contribution in [1.29, 1.82) is 0 Å². The largest absolute Gasteiger partial charge is 0.302 e. The molecule has 0 fully saturated rings. The quantitative estimate of drug-likeness (QED) is 0.414. The summed E-state index contributed by atoms with van der Waals surface area (Å²) in [6, 6.07) is 0. The molecule has 1 rings (SSSR count). The Labute approximate surface area is 67.8 Å². The third kappa shape index (κ3) is 1.79. The van der Waals surface area contributed by atoms with Gasteiger partial charge in [-0.15, -0.1) is 0 Å². The van der Waals surface area contributed by atoms with Gasteiger partial charge in [0.1, 0.15) is 6.29 Å². The van der Waals surface area contributed by atoms with E-state index in [0.717, 1.165) is 11.9 Å². The van der Waals surface area contributed by atoms with Gasteiger partial charge in [-0.25, -0.2) is 0 Å². The second-order valence-electron chi connectivity index (χ2n) is 3.73. The number of allylic oxidation sites excluding steroid dienone is 4. The Morgan fingerprint density at radius 2 is 2.18 bits per heavy atom. The first-order valence-corrected chi connectivity index (χ1v) is 3.89. The molecule has 11 heavy (non-hydrogen) atoms. The van der Waals surface area contributed by atoms with Crippen LogP contribution < -0.4 is 0 Å². The third-order valence-electron chi connectivity index (χ3n) is 2.01. The Balaban J connectivity index is 2.88. The highest BCUT2D eigenvalue weighted by molar-refractivity contribution is 5.62. The van der Waals surface area contributed by atoms with E-state index in [0.29, 0.717) is 0 Å². The average Bonchev–Trinajstić information content (AvgIpc) is 1.86. The molecule has 60 valence electrons. The predicted octanol–water partition coefficient (Wildman–Crippen LogP) is 2.34. The van der Waals surface area contributed by atoms with E-state index in [2.05, 4.69) is 26.0 Å². The molecule has 0 aromatic carbocycles. The molecule has 0 saturated carbocycles. The Hall–Kier alpha value is -0.850. The fourth-order valence-electron chi connectivity index (χ4n) is 1.39. The van der Waals surface area contributed by atoms with Crippen LogP contribution in [-0.4, -0.2) is 6.29 Å². The summed E-state index contributed by atoms with van der Waals surface area (Å²) in [6.07, 6.45) is 7.19. The summed E-state index contributed by atoms with van der Waals surface area (Å²) in [7, 11) is 0. The number of hydrogen-bond donors (Lipinski definition) is 0. The molecule has 1 atom stereocenters. The molecule has 0 heterocycles. The van der Waals surface area contributed by atoms with E-state index in [1.54, 1.807) is 0 Å². The van der Waals surface area contributed by atoms with Crippen LogP contribution in [-0.2, 0) is 4.79 Å². The summed E-state index contributed by atoms with van der Waals surface area (Å²) < 4.78 is 0. The zero-order chi connectivity index (χ0) is 8.48. The summed E-state index contributed by atoms with van der Waals surface area (Å²) in [5.41, 5.74) is 1.29. The van der Waals surface area contributed by atoms with E-state index in [-0.39, 0.29) is 11.3 Å². The molecular weight excluding hydrogens is 136 g/mol. The van der Waals surface area contributed by atoms with Gasteiger partial charge >= 0.3 is 0 Å². The summed E-state index contributed by atoms with van der Waals surface area (Å²) in [5.74, 6) is 0.0167. The highest BCUT2D eigenvalue weighted by atomic mass is 16.1. The van der Waals surface area contributed by atoms with Gasteiger partial charge in [-0.2, -0.15) is 0 Å². The van der Waals surface area contributed by atoms with Crippen molar-refractivity contribution in [3.63, 3.8) is 0 Å². The highest BCUT2D eigenvalue weighted by Gasteiger charge is 2.18. The van der Waals surface area contributed by atoms with Crippen LogP contribution >= 0.6 is 0 Å². The minimum Gasteiger partial charge on any atom is -0.302 e. The van der Waals surface area contributed by atoms with Crippen LogP contribution in [0.4, 0.5) is 0 Å². The number of aldehydes is 1. The molecule has 1 nitrogen and oxygen atoms in total. The van der Waals surface area contributed by atoms with E-state index in [1.165, 1.54) is 0 Å². The maximum absolute atomic E-state index is 10.5. The maximum atomic E-state index is 10.5. The van der Waals surface area contributed by atoms with Crippen molar-refractivity contribution in [2.24, 2.45) is 11.3 Å². The Kier molecular flexibility index (Phi) is 1.99. The van der Waals surface area contributed by atoms with Gasteiger partial charge in [0.15, 0.2) is 0 Å². The summed E-state index contributed by atoms with van der Waals surface area (Å²) >= 11 is 0. The van der Waals surface area contributed by atoms with Crippen molar-refractivity contribution in [3.8, 4) is 0 Å². The third-order valence-corrected chi connectivity index (χ3v) is 2.01. The molecule has 0 saturated heterocycles. The van der Waals surface area contributed by atoms with Crippen LogP contribution in [0.5, 0.6) is 0 Å². The Morgan fingerprint density at radius 3 is 2.64 bits per heavy atom. The molecule has 1 unspecified atom stereocenters. The monoisotopic (exact) mass is 150 g/mol. The van der Waals surface area contributed by atoms with Crippen molar-refractivity contribution in [2.75, 3.05) is 0 Å². The SMILES string of the molecule is CC1=CC(C)(C)C=CC1C=O. The highest BCUT2D eigenvalue weighted by Crippen LogP contribution is 2.29. The number of carbonyl (C=O) groups is 1. The summed E-state index contributed by atoms with van der Waals surface area (Å²) in [5, 5.41) is 0. The van der Waals surface area contributed by atoms with Crippen molar-refractivity contribution >= 4 is 6.29 Å². The second-order valence-corrected chi connectivity index (χ2v) is 3.73. The van der Waals surface area contributed by atoms with Gasteiger partial charge < -0.3 is 4.79 Å². The van der Waals surface area contributed by atoms with Crippen molar-refractivity contribution in [3.05, 3.63) is 23.8 Å². The van der Waals surface area contributed by atoms with Gasteiger partial charge in [0.2, 0.25) is 0 Å². The molecule has 1 aliphatic carbocycles. The molecule has 0 radical (unpaired) electrons. The molecule has 0 aliphatic heterocycles. The number of carbonyl (C=O) groups excluding carboxylic acids is 1. The standard InChI is InChI=1S/C10H14O/c1-8-6-10(2,3)5-4-9(8)7-11/h4-7,9H,1-3H3. The average molecular weight is 150 g/mol. The van der Waals surface area contributed by atoms with Gasteiger partial charge in [0.25, 0.3) is 0 Å². The molecule has 0 aromatic heterocycles. The zero-order valence-corrected chi connectivity index (χ0v) is 7.29. The molecule has 0 aromatic rings. The Morgan fingerprint density at radius 1 is 1.55 bits per heavy atom. The van der Waals surface area contributed by atoms with Gasteiger partial charge in [-0.1, -0.05) is 37.6 Å². The first kappa shape index (κ1) is 8.25. The smallest absolute Gasteiger partial charge is 0.130 e. The lowest BCUT2D eigenvalue weighted by Crippen LogP contribution is -2.13. The lowest BCUT2D eigenvalue weighted by Gasteiger charge is -2.23. The van der Waals surface area contributed by atoms with Crippen LogP contribution in [0.15, 0.2) is 23.8 Å². The maximum Gasteiger partial charge on any atom is 0.130 e. The lowest BCUT2D eigenvalue weighted by molar-refractivity contribution is -0.109. The van der Waals surface area contributed by atoms with E-state index in [4.69, 9.17) is 0 Å². The van der Waals surface area contributed by atoms with Crippen molar-refractivity contribution in [2.45, 2.75) is 20.8 Å². The van der Waals surface area contributed by atoms with Gasteiger partial charge in [0.05, 0.1) is 5.92 Å². The van der Waals surface area contributed by atoms with Crippen LogP contribution in [0.1, 0.15) is 20.8 Å². The normalized spacial score (nSPS) is 27.9. The molecule has 1 aliphatic rings. The van der Waals surface area contributed by atoms with Crippen molar-refractivity contribution in [1.82, 2.24) is 0 Å². The van der Waals surface area contributed by atoms with E-state index >= 15 is 0 Å². The fraction of sp³-hybridized carbons (Fsp3) is 0.500. The van der Waals surface area contributed by atoms with Gasteiger partial charge in [-0.05, 0) is 6.92 Å². The topological polar surface area (TPSA) is 17.1 Å². The van der Waals surface area contributed by atoms with E-state index in [9.17, 15) is 4.79 Å². The van der Waals surface area contributed by atoms with Crippen LogP contribution in [0, 0.1) is 11.3 Å². The predicted molar refractivity (Wildman–Crippen MR) is 46.2 cm³/mol. The zero-order valence-electron chi connectivity index (χ0n) is 7.29. The molecular formula is C10H14O. The van der Waals surface area contributed by atoms with Gasteiger partial charge in [0, 0.05) is 5.41 Å². The minimum absolute atomic E-state index is 0.0167. The minimum atomic E-state index is 0.0167. The summed E-state index contributed by atoms with van der Waals surface area (Å²) in [6.45, 7) is 6.27. The molecule has 1 heteroatoms. The van der Waals surface area contributed by atoms with Crippen molar-refractivity contribution < 1.29 is 4.79 Å². The Bertz CT molecular complexity index is 221. The van der Waals surface area contributed by atoms with Crippen LogP contribution in [0.25, 0.3) is 0 Å². The second kappa shape index (κ2) is 2.65. The molecule has 0 N–H and O–H groups in total. The molecule has 0 spiro atoms. The van der Waals surface area contributed by atoms with E-state index in [1.807, 2.05) is 13.0 Å². The van der Waals surface area contributed by atoms with Crippen LogP contribution in [0.3, 0.4) is 0 Å². The van der Waals surface area contributed by atoms with Crippen LogP contribution in [0.2, 0.25) is 0 Å². The van der Waals surface area contributed by atoms with E-state index < -0.39 is 0 Å². The lowest BCUT2D eigenvalue weighted by atomic mass is 9.82. The van der Waals surface area contributed by atoms with Gasteiger partial charge in [-0.3, -0.25) is 0 Å². The first-order chi connectivity index (χ1) is 5.05. The number of rotatable bonds is 1. The summed E-state index contributed by atoms with van der Waals surface area (Å²) in [4.78, 5) is 10.5. The number of hydrogen-bond acceptors (Lipinski definition) is 1. The fourth-order valence-corrected chi connectivity index (χ4v) is 1.39. The first-order valence-electron chi connectivity index (χ1n) is 3.89. The molecule has 0 amide bonds.